The summed E-state index contributed by atoms with van der Waals surface area (Å²) in [5.74, 6) is -1.40. The summed E-state index contributed by atoms with van der Waals surface area (Å²) in [5.41, 5.74) is 14.9. The van der Waals surface area contributed by atoms with E-state index in [1.807, 2.05) is 32.9 Å². The zero-order valence-electron chi connectivity index (χ0n) is 76.6. The third kappa shape index (κ3) is 22.5. The van der Waals surface area contributed by atoms with Gasteiger partial charge in [0.05, 0.1) is 88.2 Å². The Labute approximate surface area is 830 Å². The maximum absolute atomic E-state index is 12.9. The minimum Gasteiger partial charge on any atom is -0.482 e. The van der Waals surface area contributed by atoms with Crippen LogP contribution < -0.4 is 86.3 Å². The first-order valence-electron chi connectivity index (χ1n) is 44.1. The van der Waals surface area contributed by atoms with Crippen LogP contribution in [0.15, 0.2) is 218 Å². The van der Waals surface area contributed by atoms with Gasteiger partial charge in [0.1, 0.15) is 82.5 Å². The van der Waals surface area contributed by atoms with E-state index in [2.05, 4.69) is 137 Å². The van der Waals surface area contributed by atoms with Crippen molar-refractivity contribution in [2.45, 2.75) is 70.7 Å². The van der Waals surface area contributed by atoms with Gasteiger partial charge in [-0.05, 0) is 145 Å². The quantitative estimate of drug-likeness (QED) is 0.0301. The van der Waals surface area contributed by atoms with Crippen LogP contribution in [-0.4, -0.2) is 195 Å². The smallest absolute Gasteiger partial charge is 0.339 e. The molecule has 0 fully saturated rings. The molecule has 0 atom stereocenters. The number of anilines is 7. The number of nitrogens with zero attached hydrogens (tertiary/aromatic N) is 10. The molecule has 22 rings (SSSR count). The van der Waals surface area contributed by atoms with Crippen molar-refractivity contribution in [1.82, 2.24) is 101 Å². The third-order valence-corrected chi connectivity index (χ3v) is 25.3. The Bertz CT molecular complexity index is 8220. The first-order valence-corrected chi connectivity index (χ1v) is 47.1. The van der Waals surface area contributed by atoms with E-state index in [0.717, 1.165) is 61.9 Å². The Kier molecular flexibility index (Phi) is 28.8. The molecule has 0 spiro atoms. The highest BCUT2D eigenvalue weighted by Gasteiger charge is 2.29. The standard InChI is InChI=1S/C23H20N6O5S.C22H18N6O5S.C17H13N5O5.2C17H15N5O3.CH4/c1-13-2-5-15(6-3-13)35(32,33)29-17-10-24-21-20(17)26-12-27-22(21)23(31)25-9-14-4-7-18-16(8-14)28-19(30)11-34-18;29-18-11-33-17-7-6-13(8-15(17)27-18)9-24-22(30)21-20-19(25-12-26-21)16(10-23-20)28-34(31,32)14-4-2-1-3-5-14;23-12-6-27-11-2-1-8(3-10(11)22-12)4-19-16(24)15-14-13(20-7-21-15)9(5-18-14)17(25)26;2*1-9-5-18-15-14(9)20-8-21-16(15)17(24)19-6-10-2-3-12-11(4-10)22-13(23)7-25-12;/h2-8,10,12,24,29H,9,11H2,1H3,(H,25,31)(H,28,30);1-8,10,12,23,28H,9,11H2,(H,24,30)(H,27,29);1-3,5,7,18H,4,6H2,(H,19,24)(H,22,23)(H,25,26);2*2-5,8,18H,6-7H2,1H3,(H,19,24)(H,22,23);1H4. The summed E-state index contributed by atoms with van der Waals surface area (Å²) in [6.07, 6.45) is 14.0. The molecule has 7 aromatic carbocycles. The number of fused-ring (bicyclic) bond motifs is 10. The van der Waals surface area contributed by atoms with Gasteiger partial charge in [-0.1, -0.05) is 73.7 Å². The zero-order valence-corrected chi connectivity index (χ0v) is 78.2. The highest BCUT2D eigenvalue weighted by atomic mass is 32.2. The number of aromatic amines is 5. The average Bonchev–Trinajstić information content (AvgIpc) is 1.63. The van der Waals surface area contributed by atoms with E-state index >= 15 is 0 Å². The van der Waals surface area contributed by atoms with Crippen LogP contribution in [0.1, 0.15) is 115 Å². The van der Waals surface area contributed by atoms with Crippen LogP contribution in [0, 0.1) is 20.8 Å². The van der Waals surface area contributed by atoms with Gasteiger partial charge >= 0.3 is 5.97 Å². The fourth-order valence-corrected chi connectivity index (χ4v) is 17.5. The van der Waals surface area contributed by atoms with Gasteiger partial charge in [0.2, 0.25) is 0 Å². The number of carboxylic acid groups (broad SMARTS) is 1. The van der Waals surface area contributed by atoms with Gasteiger partial charge in [-0.15, -0.1) is 0 Å². The maximum atomic E-state index is 12.9. The first-order chi connectivity index (χ1) is 70.5. The number of hydrogen-bond acceptors (Lipinski definition) is 30. The fraction of sp³-hybridized carbons (Fsp3) is 0.144. The molecule has 48 nitrogen and oxygen atoms in total. The van der Waals surface area contributed by atoms with Crippen LogP contribution >= 0.6 is 0 Å². The maximum Gasteiger partial charge on any atom is 0.339 e. The van der Waals surface area contributed by atoms with Crippen molar-refractivity contribution in [2.75, 3.05) is 69.1 Å². The first kappa shape index (κ1) is 98.9. The molecule has 5 aliphatic heterocycles. The summed E-state index contributed by atoms with van der Waals surface area (Å²) in [5, 5.41) is 36.7. The predicted molar refractivity (Wildman–Crippen MR) is 531 cm³/mol. The second-order valence-corrected chi connectivity index (χ2v) is 36.0. The number of carbonyl (C=O) groups is 11. The Morgan fingerprint density at radius 1 is 0.320 bits per heavy atom. The molecule has 18 N–H and O–H groups in total. The van der Waals surface area contributed by atoms with E-state index in [4.69, 9.17) is 28.8 Å². The number of rotatable bonds is 22. The number of aromatic nitrogens is 15. The number of benzene rings is 7. The van der Waals surface area contributed by atoms with Gasteiger partial charge in [0.25, 0.3) is 79.1 Å². The van der Waals surface area contributed by atoms with Crippen molar-refractivity contribution in [1.29, 1.82) is 0 Å². The minimum absolute atomic E-state index is 0. The van der Waals surface area contributed by atoms with Gasteiger partial charge in [0, 0.05) is 63.7 Å². The Morgan fingerprint density at radius 2 is 0.578 bits per heavy atom. The van der Waals surface area contributed by atoms with E-state index in [1.54, 1.807) is 122 Å². The van der Waals surface area contributed by atoms with Crippen LogP contribution in [0.5, 0.6) is 28.7 Å². The summed E-state index contributed by atoms with van der Waals surface area (Å²) in [4.78, 5) is 187. The summed E-state index contributed by atoms with van der Waals surface area (Å²) in [6.45, 7) is 6.74. The van der Waals surface area contributed by atoms with Crippen LogP contribution in [0.25, 0.3) is 55.2 Å². The lowest BCUT2D eigenvalue weighted by Crippen LogP contribution is -2.26. The number of sulfonamides is 2. The summed E-state index contributed by atoms with van der Waals surface area (Å²) < 4.78 is 82.4. The Morgan fingerprint density at radius 3 is 0.878 bits per heavy atom. The number of carbonyl (C=O) groups excluding carboxylic acids is 10. The van der Waals surface area contributed by atoms with E-state index in [1.165, 1.54) is 68.2 Å². The predicted octanol–water partition coefficient (Wildman–Crippen LogP) is 8.96. The van der Waals surface area contributed by atoms with E-state index in [0.29, 0.717) is 92.7 Å². The van der Waals surface area contributed by atoms with Gasteiger partial charge in [0.15, 0.2) is 61.5 Å². The van der Waals surface area contributed by atoms with Crippen molar-refractivity contribution >= 4 is 180 Å². The van der Waals surface area contributed by atoms with Gasteiger partial charge in [-0.2, -0.15) is 0 Å². The van der Waals surface area contributed by atoms with Crippen molar-refractivity contribution in [3.05, 3.63) is 287 Å². The number of aromatic carboxylic acids is 1. The number of H-pyrrole nitrogens is 5. The number of hydrogen-bond donors (Lipinski definition) is 18. The van der Waals surface area contributed by atoms with Gasteiger partial charge < -0.3 is 107 Å². The van der Waals surface area contributed by atoms with Crippen molar-refractivity contribution in [2.24, 2.45) is 0 Å². The molecule has 10 aromatic heterocycles. The molecule has 10 amide bonds. The topological polar surface area (TPSA) is 675 Å². The van der Waals surface area contributed by atoms with E-state index in [9.17, 15) is 69.6 Å². The molecule has 0 aliphatic carbocycles. The number of ether oxygens (including phenoxy) is 5. The second kappa shape index (κ2) is 42.8. The number of nitrogens with one attached hydrogen (secondary N) is 17. The van der Waals surface area contributed by atoms with Crippen LogP contribution in [0.3, 0.4) is 0 Å². The number of amides is 10. The normalized spacial score (nSPS) is 12.9. The molecule has 147 heavy (non-hydrogen) atoms. The molecular weight excluding hydrogens is 1940 g/mol. The highest BCUT2D eigenvalue weighted by Crippen LogP contribution is 2.36. The van der Waals surface area contributed by atoms with Crippen LogP contribution in [-0.2, 0) is 76.7 Å². The molecule has 0 saturated carbocycles. The summed E-state index contributed by atoms with van der Waals surface area (Å²) in [7, 11) is -7.69. The van der Waals surface area contributed by atoms with Crippen LogP contribution in [0.2, 0.25) is 0 Å². The number of aryl methyl sites for hydroxylation is 3. The Hall–Kier alpha value is -19.7. The van der Waals surface area contributed by atoms with Crippen molar-refractivity contribution in [3.8, 4) is 28.7 Å². The van der Waals surface area contributed by atoms with E-state index < -0.39 is 43.7 Å². The molecule has 5 aliphatic rings. The molecule has 0 bridgehead atoms. The number of carboxylic acids is 1. The van der Waals surface area contributed by atoms with Crippen molar-refractivity contribution in [3.63, 3.8) is 0 Å². The summed E-state index contributed by atoms with van der Waals surface area (Å²) in [6, 6.07) is 40.7. The van der Waals surface area contributed by atoms with Gasteiger partial charge in [-0.3, -0.25) is 57.4 Å². The molecular formula is C97H85N27O21S2. The average molecular weight is 2030 g/mol. The second-order valence-electron chi connectivity index (χ2n) is 32.7. The SMILES string of the molecule is C.Cc1c[nH]c2c(C(=O)NCc3ccc4c(c3)NC(=O)CO4)ncnc12.Cc1c[nH]c2c(C(=O)NCc3ccc4c(c3)NC(=O)CO4)ncnc12.Cc1ccc(S(=O)(=O)Nc2c[nH]c3c(C(=O)NCc4ccc5c(c4)NC(=O)CO5)ncnc23)cc1.O=C1COc2ccc(CNC(=O)c3ncnc4c(C(=O)O)c[nH]c34)cc2N1.O=C1COc2ccc(CNC(=O)c3ncnc4c(NS(=O)(=O)c5ccccc5)c[nH]c34)cc2N1. The molecule has 50 heteroatoms. The lowest BCUT2D eigenvalue weighted by atomic mass is 10.1. The highest BCUT2D eigenvalue weighted by molar-refractivity contribution is 7.93. The van der Waals surface area contributed by atoms with Crippen molar-refractivity contribution < 1.29 is 98.4 Å². The van der Waals surface area contributed by atoms with E-state index in [-0.39, 0.29) is 178 Å². The third-order valence-electron chi connectivity index (χ3n) is 22.5. The molecule has 0 radical (unpaired) electrons. The van der Waals surface area contributed by atoms with Gasteiger partial charge in [-0.25, -0.2) is 71.5 Å². The minimum atomic E-state index is -3.85. The lowest BCUT2D eigenvalue weighted by Gasteiger charge is -2.18. The molecule has 0 unspecified atom stereocenters. The molecule has 746 valence electrons. The summed E-state index contributed by atoms with van der Waals surface area (Å²) >= 11 is 0. The fourth-order valence-electron chi connectivity index (χ4n) is 15.4. The zero-order chi connectivity index (χ0) is 102. The molecule has 15 heterocycles. The Balaban J connectivity index is 0.000000126. The molecule has 17 aromatic rings. The largest absolute Gasteiger partial charge is 0.482 e. The monoisotopic (exact) mass is 2030 g/mol. The molecule has 0 saturated heterocycles. The lowest BCUT2D eigenvalue weighted by molar-refractivity contribution is -0.119. The van der Waals surface area contributed by atoms with Crippen LogP contribution in [0.4, 0.5) is 39.8 Å².